The van der Waals surface area contributed by atoms with Crippen LogP contribution in [-0.2, 0) is 10.2 Å². The monoisotopic (exact) mass is 359 g/mol. The molecule has 1 fully saturated rings. The summed E-state index contributed by atoms with van der Waals surface area (Å²) in [5, 5.41) is 4.50. The summed E-state index contributed by atoms with van der Waals surface area (Å²) in [6.07, 6.45) is 5.30. The number of hydrogen-bond acceptors (Lipinski definition) is 5. The molecular formula is C21H21N5O. The van der Waals surface area contributed by atoms with E-state index >= 15 is 0 Å². The van der Waals surface area contributed by atoms with Crippen molar-refractivity contribution in [2.24, 2.45) is 0 Å². The number of amides is 1. The van der Waals surface area contributed by atoms with Crippen LogP contribution in [0.5, 0.6) is 0 Å². The van der Waals surface area contributed by atoms with Gasteiger partial charge >= 0.3 is 0 Å². The van der Waals surface area contributed by atoms with Crippen LogP contribution >= 0.6 is 0 Å². The molecule has 0 atom stereocenters. The highest BCUT2D eigenvalue weighted by Gasteiger charge is 2.50. The van der Waals surface area contributed by atoms with E-state index in [4.69, 9.17) is 0 Å². The molecule has 6 nitrogen and oxygen atoms in total. The van der Waals surface area contributed by atoms with Crippen molar-refractivity contribution in [3.8, 4) is 0 Å². The number of fused-ring (bicyclic) bond motifs is 2. The molecule has 1 amide bonds. The summed E-state index contributed by atoms with van der Waals surface area (Å²) in [6.45, 7) is 3.96. The third kappa shape index (κ3) is 2.47. The van der Waals surface area contributed by atoms with Gasteiger partial charge in [-0.3, -0.25) is 9.69 Å². The zero-order chi connectivity index (χ0) is 18.6. The average Bonchev–Trinajstić information content (AvgIpc) is 2.85. The summed E-state index contributed by atoms with van der Waals surface area (Å²) >= 11 is 0. The van der Waals surface area contributed by atoms with E-state index < -0.39 is 5.41 Å². The number of nitrogens with one attached hydrogen (secondary N) is 1. The van der Waals surface area contributed by atoms with E-state index in [0.29, 0.717) is 6.04 Å². The van der Waals surface area contributed by atoms with Crippen molar-refractivity contribution < 1.29 is 4.79 Å². The summed E-state index contributed by atoms with van der Waals surface area (Å²) in [7, 11) is 0. The Morgan fingerprint density at radius 1 is 1.07 bits per heavy atom. The number of rotatable bonds is 3. The first-order valence-electron chi connectivity index (χ1n) is 9.31. The lowest BCUT2D eigenvalue weighted by molar-refractivity contribution is -0.122. The SMILES string of the molecule is CC1(C)C(=O)N([C@H]2C[C@H](Nc3ccc4cccnc4n3)C2)c2ncccc21. The fourth-order valence-electron chi connectivity index (χ4n) is 4.09. The van der Waals surface area contributed by atoms with Crippen LogP contribution in [0.25, 0.3) is 11.0 Å². The van der Waals surface area contributed by atoms with Gasteiger partial charge in [0.25, 0.3) is 0 Å². The van der Waals surface area contributed by atoms with Gasteiger partial charge in [0.15, 0.2) is 5.65 Å². The van der Waals surface area contributed by atoms with Gasteiger partial charge in [0.05, 0.1) is 5.41 Å². The van der Waals surface area contributed by atoms with Crippen molar-refractivity contribution >= 4 is 28.6 Å². The average molecular weight is 359 g/mol. The van der Waals surface area contributed by atoms with Crippen molar-refractivity contribution in [3.05, 3.63) is 54.4 Å². The van der Waals surface area contributed by atoms with Crippen molar-refractivity contribution in [1.82, 2.24) is 15.0 Å². The van der Waals surface area contributed by atoms with Gasteiger partial charge < -0.3 is 5.32 Å². The first kappa shape index (κ1) is 16.2. The smallest absolute Gasteiger partial charge is 0.238 e. The standard InChI is InChI=1S/C21H21N5O/c1-21(2)16-6-4-10-23-19(16)26(20(21)27)15-11-14(12-15)24-17-8-7-13-5-3-9-22-18(13)25-17/h3-10,14-15H,11-12H2,1-2H3,(H,22,24,25)/t14-,15-. The van der Waals surface area contributed by atoms with E-state index in [1.54, 1.807) is 12.4 Å². The normalized spacial score (nSPS) is 23.2. The Kier molecular flexibility index (Phi) is 3.44. The Labute approximate surface area is 157 Å². The Balaban J connectivity index is 1.31. The minimum absolute atomic E-state index is 0.146. The van der Waals surface area contributed by atoms with Crippen LogP contribution in [-0.4, -0.2) is 32.9 Å². The highest BCUT2D eigenvalue weighted by atomic mass is 16.2. The van der Waals surface area contributed by atoms with Gasteiger partial charge in [-0.2, -0.15) is 0 Å². The van der Waals surface area contributed by atoms with Gasteiger partial charge in [0.1, 0.15) is 11.6 Å². The molecule has 3 aromatic rings. The van der Waals surface area contributed by atoms with E-state index in [1.807, 2.05) is 55.1 Å². The third-order valence-corrected chi connectivity index (χ3v) is 5.74. The predicted molar refractivity (Wildman–Crippen MR) is 105 cm³/mol. The molecule has 3 aromatic heterocycles. The van der Waals surface area contributed by atoms with Crippen LogP contribution in [0.2, 0.25) is 0 Å². The summed E-state index contributed by atoms with van der Waals surface area (Å²) in [4.78, 5) is 28.3. The topological polar surface area (TPSA) is 71.0 Å². The molecule has 1 aliphatic heterocycles. The van der Waals surface area contributed by atoms with Gasteiger partial charge in [-0.1, -0.05) is 6.07 Å². The van der Waals surface area contributed by atoms with E-state index in [1.165, 1.54) is 0 Å². The van der Waals surface area contributed by atoms with Crippen LogP contribution in [0, 0.1) is 0 Å². The summed E-state index contributed by atoms with van der Waals surface area (Å²) in [5.41, 5.74) is 1.26. The molecule has 0 bridgehead atoms. The third-order valence-electron chi connectivity index (χ3n) is 5.74. The molecule has 1 aliphatic carbocycles. The molecule has 1 saturated carbocycles. The number of carbonyl (C=O) groups excluding carboxylic acids is 1. The zero-order valence-electron chi connectivity index (χ0n) is 15.4. The van der Waals surface area contributed by atoms with E-state index in [2.05, 4.69) is 20.3 Å². The molecule has 0 radical (unpaired) electrons. The fourth-order valence-corrected chi connectivity index (χ4v) is 4.09. The van der Waals surface area contributed by atoms with E-state index in [0.717, 1.165) is 41.1 Å². The van der Waals surface area contributed by atoms with Crippen LogP contribution in [0.1, 0.15) is 32.3 Å². The Hall–Kier alpha value is -3.02. The van der Waals surface area contributed by atoms with Crippen LogP contribution < -0.4 is 10.2 Å². The lowest BCUT2D eigenvalue weighted by Crippen LogP contribution is -2.53. The largest absolute Gasteiger partial charge is 0.367 e. The van der Waals surface area contributed by atoms with Gasteiger partial charge in [-0.05, 0) is 57.0 Å². The maximum Gasteiger partial charge on any atom is 0.238 e. The molecule has 0 aromatic carbocycles. The number of hydrogen-bond donors (Lipinski definition) is 1. The first-order valence-corrected chi connectivity index (χ1v) is 9.31. The molecule has 0 spiro atoms. The van der Waals surface area contributed by atoms with Crippen molar-refractivity contribution in [3.63, 3.8) is 0 Å². The lowest BCUT2D eigenvalue weighted by atomic mass is 9.84. The second-order valence-corrected chi connectivity index (χ2v) is 7.89. The van der Waals surface area contributed by atoms with E-state index in [9.17, 15) is 4.79 Å². The molecule has 27 heavy (non-hydrogen) atoms. The quantitative estimate of drug-likeness (QED) is 0.777. The fraction of sp³-hybridized carbons (Fsp3) is 0.333. The molecule has 1 N–H and O–H groups in total. The Morgan fingerprint density at radius 3 is 2.70 bits per heavy atom. The molecular weight excluding hydrogens is 338 g/mol. The van der Waals surface area contributed by atoms with Gasteiger partial charge in [-0.25, -0.2) is 15.0 Å². The predicted octanol–water partition coefficient (Wildman–Crippen LogP) is 3.29. The van der Waals surface area contributed by atoms with Crippen molar-refractivity contribution in [1.29, 1.82) is 0 Å². The van der Waals surface area contributed by atoms with Gasteiger partial charge in [-0.15, -0.1) is 0 Å². The second-order valence-electron chi connectivity index (χ2n) is 7.89. The second kappa shape index (κ2) is 5.74. The van der Waals surface area contributed by atoms with Crippen molar-refractivity contribution in [2.45, 2.75) is 44.2 Å². The maximum absolute atomic E-state index is 13.0. The zero-order valence-corrected chi connectivity index (χ0v) is 15.4. The van der Waals surface area contributed by atoms with Crippen LogP contribution in [0.3, 0.4) is 0 Å². The minimum atomic E-state index is -0.506. The Morgan fingerprint density at radius 2 is 1.85 bits per heavy atom. The Bertz CT molecular complexity index is 1040. The van der Waals surface area contributed by atoms with Gasteiger partial charge in [0.2, 0.25) is 5.91 Å². The highest BCUT2D eigenvalue weighted by molar-refractivity contribution is 6.07. The van der Waals surface area contributed by atoms with Crippen LogP contribution in [0.4, 0.5) is 11.6 Å². The number of nitrogens with zero attached hydrogens (tertiary/aromatic N) is 4. The summed E-state index contributed by atoms with van der Waals surface area (Å²) < 4.78 is 0. The lowest BCUT2D eigenvalue weighted by Gasteiger charge is -2.41. The highest BCUT2D eigenvalue weighted by Crippen LogP contribution is 2.44. The molecule has 0 saturated heterocycles. The summed E-state index contributed by atoms with van der Waals surface area (Å²) in [6, 6.07) is 12.3. The molecule has 5 rings (SSSR count). The molecule has 136 valence electrons. The number of anilines is 2. The molecule has 6 heteroatoms. The first-order chi connectivity index (χ1) is 13.0. The minimum Gasteiger partial charge on any atom is -0.367 e. The van der Waals surface area contributed by atoms with E-state index in [-0.39, 0.29) is 11.9 Å². The van der Waals surface area contributed by atoms with Crippen molar-refractivity contribution in [2.75, 3.05) is 10.2 Å². The maximum atomic E-state index is 13.0. The molecule has 2 aliphatic rings. The molecule has 4 heterocycles. The summed E-state index contributed by atoms with van der Waals surface area (Å²) in [5.74, 6) is 1.80. The molecule has 0 unspecified atom stereocenters. The van der Waals surface area contributed by atoms with Crippen LogP contribution in [0.15, 0.2) is 48.8 Å². The number of pyridine rings is 3. The van der Waals surface area contributed by atoms with Gasteiger partial charge in [0, 0.05) is 35.4 Å². The number of carbonyl (C=O) groups is 1. The number of aromatic nitrogens is 3.